The van der Waals surface area contributed by atoms with E-state index in [2.05, 4.69) is 9.97 Å². The van der Waals surface area contributed by atoms with Crippen molar-refractivity contribution >= 4 is 23.1 Å². The van der Waals surface area contributed by atoms with Crippen LogP contribution in [0.15, 0.2) is 73.2 Å². The van der Waals surface area contributed by atoms with Crippen LogP contribution in [0.3, 0.4) is 0 Å². The molecular formula is C24H24N6O2. The quantitative estimate of drug-likeness (QED) is 0.483. The molecular weight excluding hydrogens is 404 g/mol. The van der Waals surface area contributed by atoms with Crippen LogP contribution in [0.25, 0.3) is 16.9 Å². The van der Waals surface area contributed by atoms with Crippen LogP contribution in [0, 0.1) is 0 Å². The number of para-hydroxylation sites is 2. The van der Waals surface area contributed by atoms with E-state index in [4.69, 9.17) is 9.72 Å². The summed E-state index contributed by atoms with van der Waals surface area (Å²) in [7, 11) is 1.97. The Kier molecular flexibility index (Phi) is 5.41. The van der Waals surface area contributed by atoms with Crippen molar-refractivity contribution in [3.8, 4) is 5.82 Å². The van der Waals surface area contributed by atoms with Gasteiger partial charge in [0.15, 0.2) is 0 Å². The number of nitrogens with zero attached hydrogens (tertiary/aromatic N) is 6. The Morgan fingerprint density at radius 1 is 1.09 bits per heavy atom. The maximum Gasteiger partial charge on any atom is 0.410 e. The van der Waals surface area contributed by atoms with Crippen LogP contribution in [0.5, 0.6) is 0 Å². The van der Waals surface area contributed by atoms with E-state index in [1.165, 1.54) is 0 Å². The van der Waals surface area contributed by atoms with Gasteiger partial charge in [-0.25, -0.2) is 14.8 Å². The second-order valence-electron chi connectivity index (χ2n) is 7.86. The average Bonchev–Trinajstić information content (AvgIpc) is 3.51. The molecule has 1 saturated heterocycles. The Hall–Kier alpha value is -3.94. The molecule has 1 unspecified atom stereocenters. The molecule has 2 aromatic heterocycles. The number of benzene rings is 2. The van der Waals surface area contributed by atoms with E-state index in [1.54, 1.807) is 17.4 Å². The first kappa shape index (κ1) is 20.0. The smallest absolute Gasteiger partial charge is 0.410 e. The van der Waals surface area contributed by atoms with E-state index in [0.717, 1.165) is 28.8 Å². The zero-order valence-corrected chi connectivity index (χ0v) is 17.8. The Morgan fingerprint density at radius 2 is 1.91 bits per heavy atom. The van der Waals surface area contributed by atoms with Crippen LogP contribution >= 0.6 is 0 Å². The number of anilines is 1. The summed E-state index contributed by atoms with van der Waals surface area (Å²) in [5.41, 5.74) is 2.89. The van der Waals surface area contributed by atoms with Gasteiger partial charge in [0, 0.05) is 26.3 Å². The molecule has 5 rings (SSSR count). The van der Waals surface area contributed by atoms with Crippen LogP contribution in [0.1, 0.15) is 12.0 Å². The number of imidazole rings is 1. The zero-order valence-electron chi connectivity index (χ0n) is 17.8. The minimum absolute atomic E-state index is 0.119. The number of likely N-dealkylation sites (tertiary alicyclic amines) is 1. The highest BCUT2D eigenvalue weighted by atomic mass is 16.6. The molecule has 32 heavy (non-hydrogen) atoms. The molecule has 1 aliphatic heterocycles. The molecule has 1 fully saturated rings. The molecule has 162 valence electrons. The maximum atomic E-state index is 12.5. The highest BCUT2D eigenvalue weighted by molar-refractivity contribution is 5.76. The van der Waals surface area contributed by atoms with Gasteiger partial charge in [0.05, 0.1) is 17.1 Å². The summed E-state index contributed by atoms with van der Waals surface area (Å²) in [5, 5.41) is 0. The predicted molar refractivity (Wildman–Crippen MR) is 122 cm³/mol. The van der Waals surface area contributed by atoms with Gasteiger partial charge in [-0.2, -0.15) is 4.98 Å². The van der Waals surface area contributed by atoms with E-state index in [1.807, 2.05) is 77.2 Å². The lowest BCUT2D eigenvalue weighted by Crippen LogP contribution is -2.37. The number of carbonyl (C=O) groups excluding carboxylic acids is 1. The molecule has 8 nitrogen and oxygen atoms in total. The van der Waals surface area contributed by atoms with Crippen molar-refractivity contribution in [2.75, 3.05) is 25.0 Å². The largest absolute Gasteiger partial charge is 0.445 e. The van der Waals surface area contributed by atoms with Crippen LogP contribution in [-0.2, 0) is 11.3 Å². The topological polar surface area (TPSA) is 76.4 Å². The number of carbonyl (C=O) groups is 1. The molecule has 3 heterocycles. The lowest BCUT2D eigenvalue weighted by Gasteiger charge is -2.25. The molecule has 1 aliphatic rings. The Balaban J connectivity index is 1.25. The number of hydrogen-bond donors (Lipinski definition) is 0. The van der Waals surface area contributed by atoms with Gasteiger partial charge in [-0.15, -0.1) is 0 Å². The molecule has 1 amide bonds. The van der Waals surface area contributed by atoms with Gasteiger partial charge in [-0.05, 0) is 30.2 Å². The fraction of sp³-hybridized carbons (Fsp3) is 0.250. The first-order chi connectivity index (χ1) is 15.7. The summed E-state index contributed by atoms with van der Waals surface area (Å²) in [5.74, 6) is 1.37. The zero-order chi connectivity index (χ0) is 21.9. The lowest BCUT2D eigenvalue weighted by atomic mass is 10.2. The maximum absolute atomic E-state index is 12.5. The summed E-state index contributed by atoms with van der Waals surface area (Å²) in [4.78, 5) is 30.0. The average molecular weight is 428 g/mol. The summed E-state index contributed by atoms with van der Waals surface area (Å²) < 4.78 is 7.44. The number of hydrogen-bond acceptors (Lipinski definition) is 6. The second-order valence-corrected chi connectivity index (χ2v) is 7.86. The summed E-state index contributed by atoms with van der Waals surface area (Å²) >= 11 is 0. The Labute approximate surface area is 186 Å². The van der Waals surface area contributed by atoms with Crippen molar-refractivity contribution in [1.29, 1.82) is 0 Å². The van der Waals surface area contributed by atoms with Crippen LogP contribution in [-0.4, -0.2) is 56.7 Å². The van der Waals surface area contributed by atoms with Gasteiger partial charge in [-0.3, -0.25) is 4.57 Å². The van der Waals surface area contributed by atoms with E-state index >= 15 is 0 Å². The lowest BCUT2D eigenvalue weighted by molar-refractivity contribution is 0.104. The van der Waals surface area contributed by atoms with Crippen LogP contribution in [0.2, 0.25) is 0 Å². The molecule has 2 aromatic carbocycles. The third-order valence-electron chi connectivity index (χ3n) is 5.82. The molecule has 0 radical (unpaired) electrons. The molecule has 8 heteroatoms. The summed E-state index contributed by atoms with van der Waals surface area (Å²) in [6.07, 6.45) is 4.07. The van der Waals surface area contributed by atoms with E-state index in [9.17, 15) is 4.79 Å². The van der Waals surface area contributed by atoms with E-state index < -0.39 is 0 Å². The van der Waals surface area contributed by atoms with E-state index in [-0.39, 0.29) is 18.7 Å². The Bertz CT molecular complexity index is 1230. The monoisotopic (exact) mass is 428 g/mol. The van der Waals surface area contributed by atoms with E-state index in [0.29, 0.717) is 19.0 Å². The third kappa shape index (κ3) is 3.99. The van der Waals surface area contributed by atoms with Gasteiger partial charge in [-0.1, -0.05) is 42.5 Å². The SMILES string of the molecule is CN(c1nccc(-n2cnc3ccccc32)n1)C1CCN(C(=O)OCc2ccccc2)C1. The van der Waals surface area contributed by atoms with Crippen molar-refractivity contribution in [3.05, 3.63) is 78.8 Å². The van der Waals surface area contributed by atoms with Crippen LogP contribution < -0.4 is 4.90 Å². The molecule has 0 bridgehead atoms. The molecule has 0 N–H and O–H groups in total. The van der Waals surface area contributed by atoms with Crippen molar-refractivity contribution in [3.63, 3.8) is 0 Å². The number of amides is 1. The van der Waals surface area contributed by atoms with Gasteiger partial charge in [0.1, 0.15) is 18.8 Å². The van der Waals surface area contributed by atoms with Gasteiger partial charge >= 0.3 is 6.09 Å². The standard InChI is InChI=1S/C24H24N6O2/c1-28(19-12-14-29(15-19)24(31)32-16-18-7-3-2-4-8-18)23-25-13-11-22(27-23)30-17-26-20-9-5-6-10-21(20)30/h2-11,13,17,19H,12,14-16H2,1H3. The van der Waals surface area contributed by atoms with Crippen molar-refractivity contribution in [2.45, 2.75) is 19.1 Å². The van der Waals surface area contributed by atoms with Gasteiger partial charge in [0.25, 0.3) is 0 Å². The van der Waals surface area contributed by atoms with Gasteiger partial charge < -0.3 is 14.5 Å². The van der Waals surface area contributed by atoms with Gasteiger partial charge in [0.2, 0.25) is 5.95 Å². The number of fused-ring (bicyclic) bond motifs is 1. The summed E-state index contributed by atoms with van der Waals surface area (Å²) in [6, 6.07) is 19.6. The molecule has 4 aromatic rings. The first-order valence-electron chi connectivity index (χ1n) is 10.6. The number of likely N-dealkylation sites (N-methyl/N-ethyl adjacent to an activating group) is 1. The molecule has 1 atom stereocenters. The highest BCUT2D eigenvalue weighted by Crippen LogP contribution is 2.22. The van der Waals surface area contributed by atoms with Crippen molar-refractivity contribution < 1.29 is 9.53 Å². The first-order valence-corrected chi connectivity index (χ1v) is 10.6. The number of aromatic nitrogens is 4. The summed E-state index contributed by atoms with van der Waals surface area (Å²) in [6.45, 7) is 1.50. The third-order valence-corrected chi connectivity index (χ3v) is 5.82. The number of rotatable bonds is 5. The molecule has 0 aliphatic carbocycles. The minimum Gasteiger partial charge on any atom is -0.445 e. The fourth-order valence-corrected chi connectivity index (χ4v) is 3.98. The van der Waals surface area contributed by atoms with Crippen molar-refractivity contribution in [1.82, 2.24) is 24.4 Å². The van der Waals surface area contributed by atoms with Crippen LogP contribution in [0.4, 0.5) is 10.7 Å². The molecule has 0 spiro atoms. The Morgan fingerprint density at radius 3 is 2.78 bits per heavy atom. The number of ether oxygens (including phenoxy) is 1. The predicted octanol–water partition coefficient (Wildman–Crippen LogP) is 3.66. The minimum atomic E-state index is -0.288. The fourth-order valence-electron chi connectivity index (χ4n) is 3.98. The molecule has 0 saturated carbocycles. The highest BCUT2D eigenvalue weighted by Gasteiger charge is 2.31. The normalized spacial score (nSPS) is 15.8. The van der Waals surface area contributed by atoms with Crippen molar-refractivity contribution in [2.24, 2.45) is 0 Å². The second kappa shape index (κ2) is 8.66.